The maximum atomic E-state index is 13.3. The molecule has 0 saturated heterocycles. The summed E-state index contributed by atoms with van der Waals surface area (Å²) in [5.41, 5.74) is 4.22. The predicted molar refractivity (Wildman–Crippen MR) is 80.6 cm³/mol. The smallest absolute Gasteiger partial charge is 0.154 e. The van der Waals surface area contributed by atoms with Crippen LogP contribution in [0.2, 0.25) is 0 Å². The highest BCUT2D eigenvalue weighted by molar-refractivity contribution is 5.87. The normalized spacial score (nSPS) is 17.3. The zero-order valence-corrected chi connectivity index (χ0v) is 12.0. The second-order valence-electron chi connectivity index (χ2n) is 5.62. The van der Waals surface area contributed by atoms with E-state index < -0.39 is 0 Å². The molecule has 108 valence electrons. The molecule has 3 rings (SSSR count). The molecule has 1 heterocycles. The summed E-state index contributed by atoms with van der Waals surface area (Å²) in [6.07, 6.45) is 0.993. The van der Waals surface area contributed by atoms with E-state index >= 15 is 0 Å². The number of rotatable bonds is 3. The molecular formula is C18H18FNO. The quantitative estimate of drug-likeness (QED) is 0.938. The zero-order chi connectivity index (χ0) is 14.8. The summed E-state index contributed by atoms with van der Waals surface area (Å²) in [5, 5.41) is 3.29. The predicted octanol–water partition coefficient (Wildman–Crippen LogP) is 2.96. The van der Waals surface area contributed by atoms with Gasteiger partial charge in [0.05, 0.1) is 6.04 Å². The van der Waals surface area contributed by atoms with E-state index in [1.54, 1.807) is 6.07 Å². The third-order valence-corrected chi connectivity index (χ3v) is 4.15. The van der Waals surface area contributed by atoms with Crippen LogP contribution in [0.3, 0.4) is 0 Å². The Kier molecular flexibility index (Phi) is 3.84. The number of Topliss-reactive ketones (excluding diaryl/α,β-unsaturated/α-hetero) is 1. The number of hydrogen-bond acceptors (Lipinski definition) is 2. The molecule has 0 amide bonds. The molecule has 21 heavy (non-hydrogen) atoms. The molecular weight excluding hydrogens is 265 g/mol. The lowest BCUT2D eigenvalue weighted by Gasteiger charge is -2.25. The minimum absolute atomic E-state index is 0.123. The average Bonchev–Trinajstić information content (AvgIpc) is 2.50. The lowest BCUT2D eigenvalue weighted by molar-refractivity contribution is -0.120. The lowest BCUT2D eigenvalue weighted by atomic mass is 9.91. The van der Waals surface area contributed by atoms with Crippen LogP contribution in [0, 0.1) is 12.7 Å². The maximum absolute atomic E-state index is 13.3. The lowest BCUT2D eigenvalue weighted by Crippen LogP contribution is -2.42. The topological polar surface area (TPSA) is 29.1 Å². The third kappa shape index (κ3) is 3.03. The molecule has 0 aliphatic carbocycles. The molecule has 0 aromatic heterocycles. The summed E-state index contributed by atoms with van der Waals surface area (Å²) in [4.78, 5) is 12.5. The molecule has 1 aliphatic rings. The van der Waals surface area contributed by atoms with Crippen molar-refractivity contribution in [3.63, 3.8) is 0 Å². The van der Waals surface area contributed by atoms with Gasteiger partial charge in [-0.1, -0.05) is 30.3 Å². The number of halogens is 1. The fourth-order valence-corrected chi connectivity index (χ4v) is 2.82. The highest BCUT2D eigenvalue weighted by Crippen LogP contribution is 2.18. The molecule has 1 atom stereocenters. The molecule has 0 bridgehead atoms. The van der Waals surface area contributed by atoms with Crippen molar-refractivity contribution in [3.8, 4) is 0 Å². The van der Waals surface area contributed by atoms with Gasteiger partial charge in [-0.2, -0.15) is 0 Å². The monoisotopic (exact) mass is 283 g/mol. The fraction of sp³-hybridized carbons (Fsp3) is 0.278. The van der Waals surface area contributed by atoms with E-state index in [1.807, 2.05) is 19.1 Å². The number of fused-ring (bicyclic) bond motifs is 1. The van der Waals surface area contributed by atoms with Crippen LogP contribution in [0.4, 0.5) is 4.39 Å². The van der Waals surface area contributed by atoms with Gasteiger partial charge in [0.1, 0.15) is 5.82 Å². The number of aryl methyl sites for hydroxylation is 1. The molecule has 3 heteroatoms. The fourth-order valence-electron chi connectivity index (χ4n) is 2.82. The Morgan fingerprint density at radius 1 is 1.24 bits per heavy atom. The highest BCUT2D eigenvalue weighted by atomic mass is 19.1. The van der Waals surface area contributed by atoms with Crippen LogP contribution in [0.15, 0.2) is 42.5 Å². The Balaban J connectivity index is 1.74. The summed E-state index contributed by atoms with van der Waals surface area (Å²) < 4.78 is 13.3. The SMILES string of the molecule is Cc1ccc(F)cc1CC(=O)C1Cc2ccccc2CN1. The molecule has 0 radical (unpaired) electrons. The number of nitrogens with one attached hydrogen (secondary N) is 1. The van der Waals surface area contributed by atoms with Crippen molar-refractivity contribution in [2.24, 2.45) is 0 Å². The van der Waals surface area contributed by atoms with Crippen molar-refractivity contribution in [1.29, 1.82) is 0 Å². The molecule has 1 aliphatic heterocycles. The van der Waals surface area contributed by atoms with Crippen LogP contribution in [-0.4, -0.2) is 11.8 Å². The Hall–Kier alpha value is -2.00. The van der Waals surface area contributed by atoms with Gasteiger partial charge < -0.3 is 5.32 Å². The summed E-state index contributed by atoms with van der Waals surface area (Å²) in [6, 6.07) is 12.6. The standard InChI is InChI=1S/C18H18FNO/c1-12-6-7-16(19)8-15(12)10-18(21)17-9-13-4-2-3-5-14(13)11-20-17/h2-8,17,20H,9-11H2,1H3. The van der Waals surface area contributed by atoms with Crippen molar-refractivity contribution < 1.29 is 9.18 Å². The molecule has 2 nitrogen and oxygen atoms in total. The molecule has 2 aromatic rings. The van der Waals surface area contributed by atoms with Crippen molar-refractivity contribution in [2.75, 3.05) is 0 Å². The second-order valence-corrected chi connectivity index (χ2v) is 5.62. The number of benzene rings is 2. The van der Waals surface area contributed by atoms with Crippen molar-refractivity contribution in [3.05, 3.63) is 70.5 Å². The summed E-state index contributed by atoms with van der Waals surface area (Å²) in [6.45, 7) is 2.63. The molecule has 0 spiro atoms. The average molecular weight is 283 g/mol. The van der Waals surface area contributed by atoms with Gasteiger partial charge >= 0.3 is 0 Å². The number of hydrogen-bond donors (Lipinski definition) is 1. The third-order valence-electron chi connectivity index (χ3n) is 4.15. The van der Waals surface area contributed by atoms with E-state index in [4.69, 9.17) is 0 Å². The molecule has 0 saturated carbocycles. The summed E-state index contributed by atoms with van der Waals surface area (Å²) >= 11 is 0. The van der Waals surface area contributed by atoms with Gasteiger partial charge in [-0.25, -0.2) is 4.39 Å². The van der Waals surface area contributed by atoms with E-state index in [-0.39, 0.29) is 24.1 Å². The largest absolute Gasteiger partial charge is 0.303 e. The van der Waals surface area contributed by atoms with Gasteiger partial charge in [-0.3, -0.25) is 4.79 Å². The van der Waals surface area contributed by atoms with Crippen LogP contribution in [0.1, 0.15) is 22.3 Å². The van der Waals surface area contributed by atoms with Gasteiger partial charge in [-0.15, -0.1) is 0 Å². The van der Waals surface area contributed by atoms with E-state index in [9.17, 15) is 9.18 Å². The van der Waals surface area contributed by atoms with Gasteiger partial charge in [0.2, 0.25) is 0 Å². The molecule has 1 N–H and O–H groups in total. The number of carbonyl (C=O) groups excluding carboxylic acids is 1. The van der Waals surface area contributed by atoms with Crippen molar-refractivity contribution >= 4 is 5.78 Å². The highest BCUT2D eigenvalue weighted by Gasteiger charge is 2.24. The van der Waals surface area contributed by atoms with Gasteiger partial charge in [0.15, 0.2) is 5.78 Å². The van der Waals surface area contributed by atoms with E-state index in [2.05, 4.69) is 17.4 Å². The zero-order valence-electron chi connectivity index (χ0n) is 12.0. The van der Waals surface area contributed by atoms with Gasteiger partial charge in [0.25, 0.3) is 0 Å². The van der Waals surface area contributed by atoms with Crippen LogP contribution in [0.5, 0.6) is 0 Å². The van der Waals surface area contributed by atoms with Crippen LogP contribution in [0.25, 0.3) is 0 Å². The first-order valence-corrected chi connectivity index (χ1v) is 7.21. The van der Waals surface area contributed by atoms with Crippen LogP contribution in [-0.2, 0) is 24.2 Å². The minimum atomic E-state index is -0.287. The van der Waals surface area contributed by atoms with Gasteiger partial charge in [-0.05, 0) is 47.7 Å². The van der Waals surface area contributed by atoms with Crippen molar-refractivity contribution in [2.45, 2.75) is 32.4 Å². The Morgan fingerprint density at radius 2 is 2.00 bits per heavy atom. The molecule has 1 unspecified atom stereocenters. The van der Waals surface area contributed by atoms with E-state index in [0.29, 0.717) is 13.0 Å². The number of carbonyl (C=O) groups is 1. The number of ketones is 1. The minimum Gasteiger partial charge on any atom is -0.303 e. The van der Waals surface area contributed by atoms with Crippen LogP contribution >= 0.6 is 0 Å². The van der Waals surface area contributed by atoms with Gasteiger partial charge in [0, 0.05) is 13.0 Å². The summed E-state index contributed by atoms with van der Waals surface area (Å²) in [5.74, 6) is -0.163. The maximum Gasteiger partial charge on any atom is 0.154 e. The Morgan fingerprint density at radius 3 is 2.81 bits per heavy atom. The molecule has 0 fully saturated rings. The summed E-state index contributed by atoms with van der Waals surface area (Å²) in [7, 11) is 0. The first kappa shape index (κ1) is 14.0. The second kappa shape index (κ2) is 5.78. The Bertz CT molecular complexity index is 681. The first-order valence-electron chi connectivity index (χ1n) is 7.21. The van der Waals surface area contributed by atoms with E-state index in [1.165, 1.54) is 23.3 Å². The van der Waals surface area contributed by atoms with Crippen LogP contribution < -0.4 is 5.32 Å². The first-order chi connectivity index (χ1) is 10.1. The Labute approximate surface area is 124 Å². The van der Waals surface area contributed by atoms with Crippen molar-refractivity contribution in [1.82, 2.24) is 5.32 Å². The molecule has 2 aromatic carbocycles. The van der Waals surface area contributed by atoms with E-state index in [0.717, 1.165) is 11.1 Å².